The number of nitrogens with zero attached hydrogens (tertiary/aromatic N) is 4. The molecule has 0 aliphatic heterocycles. The zero-order chi connectivity index (χ0) is 18.3. The van der Waals surface area contributed by atoms with Crippen LogP contribution in [0.1, 0.15) is 54.3 Å². The summed E-state index contributed by atoms with van der Waals surface area (Å²) >= 11 is 5.98. The second kappa shape index (κ2) is 7.62. The highest BCUT2D eigenvalue weighted by Crippen LogP contribution is 2.34. The molecule has 1 fully saturated rings. The average Bonchev–Trinajstić information content (AvgIpc) is 3.33. The van der Waals surface area contributed by atoms with Crippen LogP contribution in [0.15, 0.2) is 28.8 Å². The molecular weight excluding hydrogens is 385 g/mol. The summed E-state index contributed by atoms with van der Waals surface area (Å²) in [4.78, 5) is 4.58. The van der Waals surface area contributed by atoms with Crippen LogP contribution in [-0.4, -0.2) is 19.9 Å². The second-order valence-electron chi connectivity index (χ2n) is 7.09. The molecule has 4 rings (SSSR count). The lowest BCUT2D eigenvalue weighted by molar-refractivity contribution is 0.352. The fourth-order valence-electron chi connectivity index (χ4n) is 3.67. The highest BCUT2D eigenvalue weighted by Gasteiger charge is 2.36. The van der Waals surface area contributed by atoms with Crippen molar-refractivity contribution in [2.24, 2.45) is 5.73 Å². The van der Waals surface area contributed by atoms with E-state index in [-0.39, 0.29) is 12.4 Å². The lowest BCUT2D eigenvalue weighted by atomic mass is 9.98. The molecule has 144 valence electrons. The Kier molecular flexibility index (Phi) is 5.60. The van der Waals surface area contributed by atoms with Gasteiger partial charge in [-0.05, 0) is 51.0 Å². The fourth-order valence-corrected chi connectivity index (χ4v) is 3.80. The Morgan fingerprint density at radius 2 is 1.85 bits per heavy atom. The van der Waals surface area contributed by atoms with Gasteiger partial charge >= 0.3 is 0 Å². The smallest absolute Gasteiger partial charge is 0.231 e. The molecule has 3 aromatic rings. The van der Waals surface area contributed by atoms with Crippen LogP contribution in [0, 0.1) is 13.8 Å². The van der Waals surface area contributed by atoms with Gasteiger partial charge in [-0.3, -0.25) is 0 Å². The molecule has 1 saturated carbocycles. The number of benzene rings is 1. The molecule has 2 N–H and O–H groups in total. The van der Waals surface area contributed by atoms with Crippen molar-refractivity contribution < 1.29 is 4.52 Å². The molecule has 0 atom stereocenters. The molecular formula is C19H23Cl2N5O. The van der Waals surface area contributed by atoms with Gasteiger partial charge < -0.3 is 10.3 Å². The van der Waals surface area contributed by atoms with Crippen molar-refractivity contribution in [1.29, 1.82) is 0 Å². The zero-order valence-corrected chi connectivity index (χ0v) is 17.0. The first-order valence-corrected chi connectivity index (χ1v) is 9.27. The van der Waals surface area contributed by atoms with Crippen LogP contribution in [0.4, 0.5) is 0 Å². The average molecular weight is 408 g/mol. The summed E-state index contributed by atoms with van der Waals surface area (Å²) in [7, 11) is 0. The molecule has 0 saturated heterocycles. The number of aromatic nitrogens is 4. The van der Waals surface area contributed by atoms with E-state index in [2.05, 4.69) is 15.2 Å². The van der Waals surface area contributed by atoms with Crippen LogP contribution in [0.5, 0.6) is 0 Å². The first-order chi connectivity index (χ1) is 12.5. The van der Waals surface area contributed by atoms with Crippen molar-refractivity contribution in [3.8, 4) is 5.69 Å². The second-order valence-corrected chi connectivity index (χ2v) is 7.53. The van der Waals surface area contributed by atoms with E-state index < -0.39 is 5.54 Å². The monoisotopic (exact) mass is 407 g/mol. The third-order valence-electron chi connectivity index (χ3n) is 5.25. The Labute approximate surface area is 169 Å². The van der Waals surface area contributed by atoms with E-state index in [1.807, 2.05) is 42.8 Å². The molecule has 0 bridgehead atoms. The van der Waals surface area contributed by atoms with Crippen LogP contribution in [0.25, 0.3) is 5.69 Å². The minimum absolute atomic E-state index is 0. The standard InChI is InChI=1S/C19H22ClN5O.ClH/c1-12-16(13(2)25(23-12)15-7-5-14(20)6-8-15)11-17-22-18(24-26-17)19(21)9-3-4-10-19;/h5-8H,3-4,9-11,21H2,1-2H3;1H. The molecule has 0 unspecified atom stereocenters. The Hall–Kier alpha value is -1.89. The third-order valence-corrected chi connectivity index (χ3v) is 5.50. The molecule has 0 spiro atoms. The minimum atomic E-state index is -0.431. The van der Waals surface area contributed by atoms with E-state index in [4.69, 9.17) is 21.9 Å². The van der Waals surface area contributed by atoms with Crippen LogP contribution in [-0.2, 0) is 12.0 Å². The third kappa shape index (κ3) is 3.74. The quantitative estimate of drug-likeness (QED) is 0.697. The number of nitrogens with two attached hydrogens (primary N) is 1. The Balaban J connectivity index is 0.00000210. The number of aryl methyl sites for hydroxylation is 1. The minimum Gasteiger partial charge on any atom is -0.339 e. The summed E-state index contributed by atoms with van der Waals surface area (Å²) in [5.41, 5.74) is 10.1. The van der Waals surface area contributed by atoms with Crippen LogP contribution in [0.2, 0.25) is 5.02 Å². The molecule has 1 aliphatic carbocycles. The maximum Gasteiger partial charge on any atom is 0.231 e. The lowest BCUT2D eigenvalue weighted by Gasteiger charge is -2.17. The molecule has 1 aromatic carbocycles. The summed E-state index contributed by atoms with van der Waals surface area (Å²) in [6, 6.07) is 7.63. The first-order valence-electron chi connectivity index (χ1n) is 8.89. The van der Waals surface area contributed by atoms with Gasteiger partial charge in [0.05, 0.1) is 23.3 Å². The van der Waals surface area contributed by atoms with Gasteiger partial charge in [0.15, 0.2) is 5.82 Å². The van der Waals surface area contributed by atoms with E-state index in [1.165, 1.54) is 0 Å². The molecule has 2 heterocycles. The van der Waals surface area contributed by atoms with Crippen molar-refractivity contribution in [3.05, 3.63) is 58.0 Å². The van der Waals surface area contributed by atoms with Gasteiger partial charge in [0.2, 0.25) is 5.89 Å². The summed E-state index contributed by atoms with van der Waals surface area (Å²) in [6.07, 6.45) is 4.62. The molecule has 0 amide bonds. The Morgan fingerprint density at radius 3 is 2.52 bits per heavy atom. The van der Waals surface area contributed by atoms with E-state index >= 15 is 0 Å². The first kappa shape index (κ1) is 19.9. The molecule has 0 radical (unpaired) electrons. The van der Waals surface area contributed by atoms with Crippen LogP contribution < -0.4 is 5.73 Å². The van der Waals surface area contributed by atoms with Gasteiger partial charge in [0.25, 0.3) is 0 Å². The van der Waals surface area contributed by atoms with E-state index in [0.29, 0.717) is 23.2 Å². The van der Waals surface area contributed by atoms with Crippen LogP contribution >= 0.6 is 24.0 Å². The summed E-state index contributed by atoms with van der Waals surface area (Å²) < 4.78 is 7.41. The fraction of sp³-hybridized carbons (Fsp3) is 0.421. The van der Waals surface area contributed by atoms with Gasteiger partial charge in [-0.2, -0.15) is 10.1 Å². The number of rotatable bonds is 4. The van der Waals surface area contributed by atoms with E-state index in [1.54, 1.807) is 0 Å². The van der Waals surface area contributed by atoms with Crippen molar-refractivity contribution in [1.82, 2.24) is 19.9 Å². The van der Waals surface area contributed by atoms with Gasteiger partial charge in [0.1, 0.15) is 0 Å². The largest absolute Gasteiger partial charge is 0.339 e. The lowest BCUT2D eigenvalue weighted by Crippen LogP contribution is -2.34. The molecule has 2 aromatic heterocycles. The van der Waals surface area contributed by atoms with Crippen molar-refractivity contribution >= 4 is 24.0 Å². The van der Waals surface area contributed by atoms with E-state index in [9.17, 15) is 0 Å². The zero-order valence-electron chi connectivity index (χ0n) is 15.4. The molecule has 27 heavy (non-hydrogen) atoms. The highest BCUT2D eigenvalue weighted by atomic mass is 35.5. The maximum absolute atomic E-state index is 6.43. The van der Waals surface area contributed by atoms with Crippen molar-refractivity contribution in [2.75, 3.05) is 0 Å². The highest BCUT2D eigenvalue weighted by molar-refractivity contribution is 6.30. The van der Waals surface area contributed by atoms with Gasteiger partial charge in [-0.1, -0.05) is 29.6 Å². The number of hydrogen-bond acceptors (Lipinski definition) is 5. The summed E-state index contributed by atoms with van der Waals surface area (Å²) in [6.45, 7) is 4.04. The Morgan fingerprint density at radius 1 is 1.19 bits per heavy atom. The van der Waals surface area contributed by atoms with Gasteiger partial charge in [-0.15, -0.1) is 12.4 Å². The molecule has 8 heteroatoms. The number of hydrogen-bond donors (Lipinski definition) is 1. The Bertz CT molecular complexity index is 926. The molecule has 1 aliphatic rings. The SMILES string of the molecule is Cc1nn(-c2ccc(Cl)cc2)c(C)c1Cc1nc(C2(N)CCCC2)no1.Cl. The summed E-state index contributed by atoms with van der Waals surface area (Å²) in [5.74, 6) is 1.21. The van der Waals surface area contributed by atoms with Gasteiger partial charge in [0, 0.05) is 16.3 Å². The number of halogens is 2. The van der Waals surface area contributed by atoms with E-state index in [0.717, 1.165) is 48.3 Å². The topological polar surface area (TPSA) is 82.8 Å². The maximum atomic E-state index is 6.43. The van der Waals surface area contributed by atoms with Gasteiger partial charge in [-0.25, -0.2) is 4.68 Å². The molecule has 6 nitrogen and oxygen atoms in total. The predicted molar refractivity (Wildman–Crippen MR) is 107 cm³/mol. The normalized spacial score (nSPS) is 15.7. The van der Waals surface area contributed by atoms with Crippen LogP contribution in [0.3, 0.4) is 0 Å². The predicted octanol–water partition coefficient (Wildman–Crippen LogP) is 4.27. The van der Waals surface area contributed by atoms with Crippen molar-refractivity contribution in [3.63, 3.8) is 0 Å². The van der Waals surface area contributed by atoms with Crippen molar-refractivity contribution in [2.45, 2.75) is 51.5 Å². The summed E-state index contributed by atoms with van der Waals surface area (Å²) in [5, 5.41) is 9.52.